The van der Waals surface area contributed by atoms with Gasteiger partial charge in [-0.2, -0.15) is 0 Å². The zero-order valence-corrected chi connectivity index (χ0v) is 10.9. The summed E-state index contributed by atoms with van der Waals surface area (Å²) in [5.74, 6) is 0. The van der Waals surface area contributed by atoms with Crippen molar-refractivity contribution in [2.75, 3.05) is 18.0 Å². The van der Waals surface area contributed by atoms with E-state index in [9.17, 15) is 0 Å². The normalized spacial score (nSPS) is 10.0. The first-order chi connectivity index (χ1) is 8.28. The van der Waals surface area contributed by atoms with Crippen molar-refractivity contribution in [3.63, 3.8) is 0 Å². The molecule has 0 aliphatic rings. The van der Waals surface area contributed by atoms with Crippen molar-refractivity contribution in [1.82, 2.24) is 4.98 Å². The van der Waals surface area contributed by atoms with E-state index in [1.807, 2.05) is 12.3 Å². The number of pyridine rings is 1. The summed E-state index contributed by atoms with van der Waals surface area (Å²) < 4.78 is 0. The largest absolute Gasteiger partial charge is 0.371 e. The van der Waals surface area contributed by atoms with E-state index in [1.54, 1.807) is 6.08 Å². The van der Waals surface area contributed by atoms with Gasteiger partial charge in [-0.3, -0.25) is 4.98 Å². The molecule has 0 fully saturated rings. The Morgan fingerprint density at radius 3 is 2.29 bits per heavy atom. The van der Waals surface area contributed by atoms with Gasteiger partial charge in [-0.05, 0) is 25.0 Å². The second kappa shape index (κ2) is 6.89. The second-order valence-corrected chi connectivity index (χ2v) is 4.02. The van der Waals surface area contributed by atoms with Gasteiger partial charge in [-0.15, -0.1) is 0 Å². The fraction of sp³-hybridized carbons (Fsp3) is 0.400. The highest BCUT2D eigenvalue weighted by molar-refractivity contribution is 5.73. The van der Waals surface area contributed by atoms with Crippen molar-refractivity contribution in [2.24, 2.45) is 0 Å². The Balaban J connectivity index is 3.16. The first-order valence-corrected chi connectivity index (χ1v) is 6.27. The highest BCUT2D eigenvalue weighted by atomic mass is 15.1. The Labute approximate surface area is 105 Å². The number of hydrogen-bond donors (Lipinski definition) is 0. The Morgan fingerprint density at radius 1 is 1.18 bits per heavy atom. The third-order valence-electron chi connectivity index (χ3n) is 2.72. The van der Waals surface area contributed by atoms with E-state index in [2.05, 4.69) is 43.0 Å². The molecule has 0 aliphatic heterocycles. The molecule has 0 spiro atoms. The molecule has 0 aliphatic carbocycles. The van der Waals surface area contributed by atoms with Gasteiger partial charge in [0.25, 0.3) is 0 Å². The van der Waals surface area contributed by atoms with Crippen LogP contribution in [0.1, 0.15) is 37.9 Å². The zero-order valence-electron chi connectivity index (χ0n) is 10.9. The van der Waals surface area contributed by atoms with Crippen molar-refractivity contribution >= 4 is 17.8 Å². The molecule has 0 unspecified atom stereocenters. The molecule has 1 aromatic heterocycles. The van der Waals surface area contributed by atoms with Crippen molar-refractivity contribution in [2.45, 2.75) is 26.7 Å². The first kappa shape index (κ1) is 13.5. The van der Waals surface area contributed by atoms with Gasteiger partial charge in [0.15, 0.2) is 0 Å². The van der Waals surface area contributed by atoms with E-state index in [0.29, 0.717) is 0 Å². The van der Waals surface area contributed by atoms with Crippen LogP contribution in [0.4, 0.5) is 5.69 Å². The van der Waals surface area contributed by atoms with Crippen LogP contribution >= 0.6 is 0 Å². The van der Waals surface area contributed by atoms with Gasteiger partial charge < -0.3 is 4.90 Å². The molecule has 0 aromatic carbocycles. The Bertz CT molecular complexity index is 377. The van der Waals surface area contributed by atoms with Crippen LogP contribution in [0.5, 0.6) is 0 Å². The Morgan fingerprint density at radius 2 is 1.82 bits per heavy atom. The minimum absolute atomic E-state index is 0.912. The summed E-state index contributed by atoms with van der Waals surface area (Å²) in [4.78, 5) is 6.71. The predicted molar refractivity (Wildman–Crippen MR) is 77.2 cm³/mol. The quantitative estimate of drug-likeness (QED) is 0.704. The summed E-state index contributed by atoms with van der Waals surface area (Å²) in [6.45, 7) is 14.2. The fourth-order valence-corrected chi connectivity index (χ4v) is 2.02. The maximum atomic E-state index is 4.32. The van der Waals surface area contributed by atoms with Crippen molar-refractivity contribution < 1.29 is 0 Å². The molecular weight excluding hydrogens is 208 g/mol. The van der Waals surface area contributed by atoms with E-state index < -0.39 is 0 Å². The number of rotatable bonds is 7. The van der Waals surface area contributed by atoms with E-state index in [1.165, 1.54) is 5.69 Å². The molecule has 2 heteroatoms. The molecule has 0 radical (unpaired) electrons. The van der Waals surface area contributed by atoms with E-state index >= 15 is 0 Å². The van der Waals surface area contributed by atoms with Gasteiger partial charge in [0.2, 0.25) is 0 Å². The summed E-state index contributed by atoms with van der Waals surface area (Å²) in [6.07, 6.45) is 7.79. The molecule has 0 saturated heterocycles. The van der Waals surface area contributed by atoms with Crippen LogP contribution in [0.2, 0.25) is 0 Å². The summed E-state index contributed by atoms with van der Waals surface area (Å²) in [5, 5.41) is 0. The van der Waals surface area contributed by atoms with Crippen molar-refractivity contribution in [3.8, 4) is 0 Å². The summed E-state index contributed by atoms with van der Waals surface area (Å²) in [7, 11) is 0. The summed E-state index contributed by atoms with van der Waals surface area (Å²) in [5.41, 5.74) is 3.22. The third-order valence-corrected chi connectivity index (χ3v) is 2.72. The average Bonchev–Trinajstić information content (AvgIpc) is 2.37. The van der Waals surface area contributed by atoms with E-state index in [4.69, 9.17) is 0 Å². The predicted octanol–water partition coefficient (Wildman–Crippen LogP) is 3.99. The molecule has 1 heterocycles. The van der Waals surface area contributed by atoms with Gasteiger partial charge in [0, 0.05) is 30.5 Å². The zero-order chi connectivity index (χ0) is 12.7. The lowest BCUT2D eigenvalue weighted by Gasteiger charge is -2.26. The minimum Gasteiger partial charge on any atom is -0.371 e. The van der Waals surface area contributed by atoms with Gasteiger partial charge in [-0.25, -0.2) is 0 Å². The van der Waals surface area contributed by atoms with Crippen LogP contribution in [0.25, 0.3) is 12.2 Å². The molecule has 92 valence electrons. The standard InChI is InChI=1S/C15H22N2/c1-5-11-17(12-6-2)15-9-10-16-14(8-4)13(15)7-3/h7-10H,3-6,11-12H2,1-2H3. The topological polar surface area (TPSA) is 16.1 Å². The molecule has 1 rings (SSSR count). The SMILES string of the molecule is C=Cc1nccc(N(CCC)CCC)c1C=C. The Kier molecular flexibility index (Phi) is 5.47. The second-order valence-electron chi connectivity index (χ2n) is 4.02. The highest BCUT2D eigenvalue weighted by Crippen LogP contribution is 2.24. The lowest BCUT2D eigenvalue weighted by molar-refractivity contribution is 0.743. The van der Waals surface area contributed by atoms with Gasteiger partial charge in [-0.1, -0.05) is 33.1 Å². The van der Waals surface area contributed by atoms with E-state index in [0.717, 1.165) is 37.2 Å². The van der Waals surface area contributed by atoms with Gasteiger partial charge in [0.05, 0.1) is 5.69 Å². The van der Waals surface area contributed by atoms with E-state index in [-0.39, 0.29) is 0 Å². The molecule has 17 heavy (non-hydrogen) atoms. The smallest absolute Gasteiger partial charge is 0.0716 e. The number of nitrogens with zero attached hydrogens (tertiary/aromatic N) is 2. The van der Waals surface area contributed by atoms with Gasteiger partial charge in [0.1, 0.15) is 0 Å². The maximum Gasteiger partial charge on any atom is 0.0716 e. The molecule has 0 saturated carbocycles. The molecule has 1 aromatic rings. The molecule has 2 nitrogen and oxygen atoms in total. The first-order valence-electron chi connectivity index (χ1n) is 6.27. The molecule has 0 atom stereocenters. The highest BCUT2D eigenvalue weighted by Gasteiger charge is 2.10. The molecule has 0 amide bonds. The summed E-state index contributed by atoms with van der Waals surface area (Å²) in [6, 6.07) is 2.06. The molecule has 0 N–H and O–H groups in total. The maximum absolute atomic E-state index is 4.32. The monoisotopic (exact) mass is 230 g/mol. The number of hydrogen-bond acceptors (Lipinski definition) is 2. The van der Waals surface area contributed by atoms with Crippen molar-refractivity contribution in [1.29, 1.82) is 0 Å². The minimum atomic E-state index is 0.912. The van der Waals surface area contributed by atoms with Crippen molar-refractivity contribution in [3.05, 3.63) is 36.7 Å². The van der Waals surface area contributed by atoms with Crippen LogP contribution in [0.15, 0.2) is 25.4 Å². The number of aromatic nitrogens is 1. The average molecular weight is 230 g/mol. The van der Waals surface area contributed by atoms with Crippen LogP contribution < -0.4 is 4.90 Å². The van der Waals surface area contributed by atoms with Gasteiger partial charge >= 0.3 is 0 Å². The molecular formula is C15H22N2. The lowest BCUT2D eigenvalue weighted by Crippen LogP contribution is -2.25. The third kappa shape index (κ3) is 3.19. The van der Waals surface area contributed by atoms with Crippen LogP contribution in [-0.4, -0.2) is 18.1 Å². The lowest BCUT2D eigenvalue weighted by atomic mass is 10.1. The fourth-order valence-electron chi connectivity index (χ4n) is 2.02. The van der Waals surface area contributed by atoms with Crippen LogP contribution in [-0.2, 0) is 0 Å². The Hall–Kier alpha value is -1.57. The molecule has 0 bridgehead atoms. The summed E-state index contributed by atoms with van der Waals surface area (Å²) >= 11 is 0. The van der Waals surface area contributed by atoms with Crippen LogP contribution in [0.3, 0.4) is 0 Å². The van der Waals surface area contributed by atoms with Crippen LogP contribution in [0, 0.1) is 0 Å². The number of anilines is 1.